The number of nitrogens with two attached hydrogens (primary N) is 1. The number of pyridine rings is 1. The van der Waals surface area contributed by atoms with Crippen molar-refractivity contribution in [1.29, 1.82) is 0 Å². The van der Waals surface area contributed by atoms with Crippen LogP contribution in [0.4, 0.5) is 5.69 Å². The van der Waals surface area contributed by atoms with Crippen LogP contribution in [0.2, 0.25) is 0 Å². The van der Waals surface area contributed by atoms with E-state index in [9.17, 15) is 4.79 Å². The molecule has 0 radical (unpaired) electrons. The first-order valence-corrected chi connectivity index (χ1v) is 6.80. The van der Waals surface area contributed by atoms with Crippen molar-refractivity contribution in [2.24, 2.45) is 5.73 Å². The van der Waals surface area contributed by atoms with E-state index in [1.54, 1.807) is 0 Å². The standard InChI is InChI=1S/C16H17N3O/c17-15(20)10-11-3-6-13(7-4-11)19-14-8-5-12-2-1-9-18-16(12)14/h1-4,6-7,9,14,19H,5,8,10H2,(H2,17,20). The number of carbonyl (C=O) groups excluding carboxylic acids is 1. The summed E-state index contributed by atoms with van der Waals surface area (Å²) in [5.74, 6) is -0.306. The first-order valence-electron chi connectivity index (χ1n) is 6.80. The minimum atomic E-state index is -0.306. The van der Waals surface area contributed by atoms with Crippen LogP contribution < -0.4 is 11.1 Å². The molecule has 0 spiro atoms. The molecule has 1 aromatic carbocycles. The Morgan fingerprint density at radius 2 is 2.10 bits per heavy atom. The lowest BCUT2D eigenvalue weighted by Crippen LogP contribution is -2.13. The van der Waals surface area contributed by atoms with E-state index < -0.39 is 0 Å². The number of aryl methyl sites for hydroxylation is 1. The molecule has 1 aliphatic carbocycles. The van der Waals surface area contributed by atoms with Gasteiger partial charge in [0.05, 0.1) is 18.2 Å². The van der Waals surface area contributed by atoms with Crippen molar-refractivity contribution in [3.63, 3.8) is 0 Å². The van der Waals surface area contributed by atoms with Crippen molar-refractivity contribution in [2.75, 3.05) is 5.32 Å². The highest BCUT2D eigenvalue weighted by atomic mass is 16.1. The van der Waals surface area contributed by atoms with Gasteiger partial charge in [-0.3, -0.25) is 9.78 Å². The fourth-order valence-electron chi connectivity index (χ4n) is 2.67. The molecular formula is C16H17N3O. The number of nitrogens with one attached hydrogen (secondary N) is 1. The average Bonchev–Trinajstić information content (AvgIpc) is 2.84. The van der Waals surface area contributed by atoms with Crippen molar-refractivity contribution in [2.45, 2.75) is 25.3 Å². The molecule has 0 fully saturated rings. The maximum atomic E-state index is 10.9. The van der Waals surface area contributed by atoms with Crippen LogP contribution in [0, 0.1) is 0 Å². The molecule has 0 saturated heterocycles. The summed E-state index contributed by atoms with van der Waals surface area (Å²) >= 11 is 0. The molecule has 1 heterocycles. The summed E-state index contributed by atoms with van der Waals surface area (Å²) < 4.78 is 0. The van der Waals surface area contributed by atoms with Gasteiger partial charge in [-0.1, -0.05) is 18.2 Å². The minimum Gasteiger partial charge on any atom is -0.377 e. The van der Waals surface area contributed by atoms with Gasteiger partial charge in [-0.05, 0) is 42.2 Å². The molecule has 0 saturated carbocycles. The predicted octanol–water partition coefficient (Wildman–Crippen LogP) is 2.21. The number of hydrogen-bond donors (Lipinski definition) is 2. The Balaban J connectivity index is 1.71. The Hall–Kier alpha value is -2.36. The summed E-state index contributed by atoms with van der Waals surface area (Å²) in [5.41, 5.74) is 9.64. The Morgan fingerprint density at radius 1 is 1.30 bits per heavy atom. The van der Waals surface area contributed by atoms with Crippen molar-refractivity contribution >= 4 is 11.6 Å². The summed E-state index contributed by atoms with van der Waals surface area (Å²) in [6, 6.07) is 12.2. The van der Waals surface area contributed by atoms with E-state index in [4.69, 9.17) is 5.73 Å². The van der Waals surface area contributed by atoms with Gasteiger partial charge in [-0.15, -0.1) is 0 Å². The molecule has 102 valence electrons. The molecule has 4 heteroatoms. The first kappa shape index (κ1) is 12.7. The molecule has 0 aliphatic heterocycles. The van der Waals surface area contributed by atoms with Gasteiger partial charge in [0.1, 0.15) is 0 Å². The summed E-state index contributed by atoms with van der Waals surface area (Å²) in [4.78, 5) is 15.3. The number of rotatable bonds is 4. The SMILES string of the molecule is NC(=O)Cc1ccc(NC2CCc3cccnc32)cc1. The number of nitrogens with zero attached hydrogens (tertiary/aromatic N) is 1. The van der Waals surface area contributed by atoms with Crippen LogP contribution in [0.25, 0.3) is 0 Å². The minimum absolute atomic E-state index is 0.271. The largest absolute Gasteiger partial charge is 0.377 e. The van der Waals surface area contributed by atoms with E-state index in [2.05, 4.69) is 16.4 Å². The molecule has 20 heavy (non-hydrogen) atoms. The van der Waals surface area contributed by atoms with Crippen molar-refractivity contribution in [3.05, 3.63) is 59.4 Å². The molecule has 1 amide bonds. The van der Waals surface area contributed by atoms with E-state index in [1.165, 1.54) is 5.56 Å². The summed E-state index contributed by atoms with van der Waals surface area (Å²) in [7, 11) is 0. The summed E-state index contributed by atoms with van der Waals surface area (Å²) in [6.07, 6.45) is 4.26. The van der Waals surface area contributed by atoms with Crippen LogP contribution in [-0.4, -0.2) is 10.9 Å². The van der Waals surface area contributed by atoms with Crippen LogP contribution in [0.3, 0.4) is 0 Å². The lowest BCUT2D eigenvalue weighted by atomic mass is 10.1. The van der Waals surface area contributed by atoms with Crippen LogP contribution >= 0.6 is 0 Å². The van der Waals surface area contributed by atoms with Crippen molar-refractivity contribution in [3.8, 4) is 0 Å². The van der Waals surface area contributed by atoms with Crippen molar-refractivity contribution < 1.29 is 4.79 Å². The van der Waals surface area contributed by atoms with E-state index in [0.717, 1.165) is 29.8 Å². The second-order valence-corrected chi connectivity index (χ2v) is 5.12. The third-order valence-corrected chi connectivity index (χ3v) is 3.63. The Labute approximate surface area is 118 Å². The first-order chi connectivity index (χ1) is 9.72. The predicted molar refractivity (Wildman–Crippen MR) is 78.3 cm³/mol. The smallest absolute Gasteiger partial charge is 0.221 e. The highest BCUT2D eigenvalue weighted by Crippen LogP contribution is 2.31. The number of aromatic nitrogens is 1. The van der Waals surface area contributed by atoms with Gasteiger partial charge in [-0.25, -0.2) is 0 Å². The van der Waals surface area contributed by atoms with Gasteiger partial charge in [-0.2, -0.15) is 0 Å². The van der Waals surface area contributed by atoms with Crippen molar-refractivity contribution in [1.82, 2.24) is 4.98 Å². The molecule has 1 atom stereocenters. The third kappa shape index (κ3) is 2.64. The maximum Gasteiger partial charge on any atom is 0.221 e. The van der Waals surface area contributed by atoms with Gasteiger partial charge < -0.3 is 11.1 Å². The van der Waals surface area contributed by atoms with Gasteiger partial charge in [0.25, 0.3) is 0 Å². The Morgan fingerprint density at radius 3 is 2.85 bits per heavy atom. The fraction of sp³-hybridized carbons (Fsp3) is 0.250. The van der Waals surface area contributed by atoms with Crippen LogP contribution in [0.1, 0.15) is 29.3 Å². The van der Waals surface area contributed by atoms with Crippen LogP contribution in [0.5, 0.6) is 0 Å². The van der Waals surface area contributed by atoms with Gasteiger partial charge in [0, 0.05) is 11.9 Å². The number of benzene rings is 1. The Kier molecular flexibility index (Phi) is 3.37. The topological polar surface area (TPSA) is 68.0 Å². The quantitative estimate of drug-likeness (QED) is 0.892. The zero-order valence-electron chi connectivity index (χ0n) is 11.2. The monoisotopic (exact) mass is 267 g/mol. The maximum absolute atomic E-state index is 10.9. The fourth-order valence-corrected chi connectivity index (χ4v) is 2.67. The number of hydrogen-bond acceptors (Lipinski definition) is 3. The molecule has 0 bridgehead atoms. The molecule has 1 aromatic heterocycles. The number of primary amides is 1. The van der Waals surface area contributed by atoms with Crippen LogP contribution in [-0.2, 0) is 17.6 Å². The molecular weight excluding hydrogens is 250 g/mol. The van der Waals surface area contributed by atoms with Gasteiger partial charge >= 0.3 is 0 Å². The molecule has 4 nitrogen and oxygen atoms in total. The number of anilines is 1. The van der Waals surface area contributed by atoms with E-state index in [-0.39, 0.29) is 18.4 Å². The lowest BCUT2D eigenvalue weighted by Gasteiger charge is -2.14. The number of fused-ring (bicyclic) bond motifs is 1. The zero-order valence-corrected chi connectivity index (χ0v) is 11.2. The second-order valence-electron chi connectivity index (χ2n) is 5.12. The van der Waals surface area contributed by atoms with Gasteiger partial charge in [0.2, 0.25) is 5.91 Å². The summed E-state index contributed by atoms with van der Waals surface area (Å²) in [6.45, 7) is 0. The molecule has 1 unspecified atom stereocenters. The number of amides is 1. The molecule has 3 rings (SSSR count). The number of carbonyl (C=O) groups is 1. The van der Waals surface area contributed by atoms with E-state index in [1.807, 2.05) is 36.5 Å². The third-order valence-electron chi connectivity index (χ3n) is 3.63. The zero-order chi connectivity index (χ0) is 13.9. The van der Waals surface area contributed by atoms with Gasteiger partial charge in [0.15, 0.2) is 0 Å². The van der Waals surface area contributed by atoms with Crippen LogP contribution in [0.15, 0.2) is 42.6 Å². The normalized spacial score (nSPS) is 16.7. The highest BCUT2D eigenvalue weighted by Gasteiger charge is 2.23. The highest BCUT2D eigenvalue weighted by molar-refractivity contribution is 5.76. The average molecular weight is 267 g/mol. The summed E-state index contributed by atoms with van der Waals surface area (Å²) in [5, 5.41) is 3.50. The molecule has 3 N–H and O–H groups in total. The van der Waals surface area contributed by atoms with E-state index >= 15 is 0 Å². The molecule has 1 aliphatic rings. The molecule has 2 aromatic rings. The Bertz CT molecular complexity index is 622. The van der Waals surface area contributed by atoms with E-state index in [0.29, 0.717) is 0 Å². The second kappa shape index (κ2) is 5.33. The lowest BCUT2D eigenvalue weighted by molar-refractivity contribution is -0.117.